The maximum Gasteiger partial charge on any atom is 0.226 e. The summed E-state index contributed by atoms with van der Waals surface area (Å²) in [7, 11) is 1.95. The van der Waals surface area contributed by atoms with Gasteiger partial charge in [-0.2, -0.15) is 5.10 Å². The number of fused-ring (bicyclic) bond motifs is 2. The zero-order valence-electron chi connectivity index (χ0n) is 27.9. The highest BCUT2D eigenvalue weighted by Gasteiger charge is 2.52. The standard InChI is InChI=1S/C37H46ClF2N5O2/c1-22-13-30-31(19-33(22)38)37(20-32(30)36(2,3)35-41-21-42-44(35)4)7-9-45(10-8-37)34(46)29-18-27(43-26-5-11-47-12-6-26)17-28(29)23-14-24(39)16-25(40)15-23/h13-16,19,21,26-29,32,43H,5-12,17-18,20H2,1-4H3/t27-,28+,29?,32+/m1/s1. The Bertz CT molecular complexity index is 1630. The molecular weight excluding hydrogens is 620 g/mol. The van der Waals surface area contributed by atoms with Crippen molar-refractivity contribution >= 4 is 17.5 Å². The minimum absolute atomic E-state index is 0.0990. The van der Waals surface area contributed by atoms with Crippen molar-refractivity contribution in [1.29, 1.82) is 0 Å². The van der Waals surface area contributed by atoms with Crippen LogP contribution in [0.1, 0.15) is 98.7 Å². The third kappa shape index (κ3) is 6.01. The summed E-state index contributed by atoms with van der Waals surface area (Å²) in [6.07, 6.45) is 7.46. The van der Waals surface area contributed by atoms with Crippen molar-refractivity contribution < 1.29 is 18.3 Å². The molecule has 10 heteroatoms. The molecule has 7 nitrogen and oxygen atoms in total. The Morgan fingerprint density at radius 1 is 1.04 bits per heavy atom. The van der Waals surface area contributed by atoms with Gasteiger partial charge in [0.05, 0.1) is 0 Å². The number of halogens is 3. The predicted octanol–water partition coefficient (Wildman–Crippen LogP) is 6.71. The van der Waals surface area contributed by atoms with Crippen molar-refractivity contribution in [3.63, 3.8) is 0 Å². The number of likely N-dealkylation sites (tertiary alicyclic amines) is 1. The van der Waals surface area contributed by atoms with E-state index >= 15 is 0 Å². The molecule has 1 amide bonds. The van der Waals surface area contributed by atoms with Crippen LogP contribution < -0.4 is 5.32 Å². The largest absolute Gasteiger partial charge is 0.381 e. The van der Waals surface area contributed by atoms with E-state index in [-0.39, 0.29) is 40.5 Å². The monoisotopic (exact) mass is 665 g/mol. The van der Waals surface area contributed by atoms with Gasteiger partial charge in [-0.25, -0.2) is 13.8 Å². The number of nitrogens with one attached hydrogen (secondary N) is 1. The van der Waals surface area contributed by atoms with Crippen molar-refractivity contribution in [3.05, 3.63) is 81.4 Å². The lowest BCUT2D eigenvalue weighted by Gasteiger charge is -2.42. The fourth-order valence-electron chi connectivity index (χ4n) is 9.41. The molecule has 3 fully saturated rings. The van der Waals surface area contributed by atoms with E-state index in [9.17, 15) is 13.6 Å². The molecule has 1 N–H and O–H groups in total. The molecule has 4 aliphatic rings. The number of amides is 1. The average molecular weight is 666 g/mol. The van der Waals surface area contributed by atoms with Gasteiger partial charge in [-0.05, 0) is 110 Å². The van der Waals surface area contributed by atoms with Gasteiger partial charge in [0, 0.05) is 67.9 Å². The summed E-state index contributed by atoms with van der Waals surface area (Å²) >= 11 is 6.77. The van der Waals surface area contributed by atoms with Crippen molar-refractivity contribution in [1.82, 2.24) is 25.0 Å². The highest BCUT2D eigenvalue weighted by molar-refractivity contribution is 6.31. The molecule has 1 aromatic heterocycles. The van der Waals surface area contributed by atoms with E-state index in [2.05, 4.69) is 48.3 Å². The summed E-state index contributed by atoms with van der Waals surface area (Å²) in [4.78, 5) is 21.1. The van der Waals surface area contributed by atoms with Gasteiger partial charge in [0.25, 0.3) is 0 Å². The van der Waals surface area contributed by atoms with Crippen LogP contribution in [0.2, 0.25) is 5.02 Å². The summed E-state index contributed by atoms with van der Waals surface area (Å²) in [5, 5.41) is 8.92. The normalized spacial score (nSPS) is 26.2. The zero-order valence-corrected chi connectivity index (χ0v) is 28.6. The zero-order chi connectivity index (χ0) is 33.1. The van der Waals surface area contributed by atoms with E-state index in [1.54, 1.807) is 6.33 Å². The van der Waals surface area contributed by atoms with Crippen LogP contribution in [-0.2, 0) is 27.4 Å². The van der Waals surface area contributed by atoms with Crippen LogP contribution in [0.15, 0.2) is 36.7 Å². The number of rotatable bonds is 6. The fourth-order valence-corrected chi connectivity index (χ4v) is 9.57. The Morgan fingerprint density at radius 2 is 1.74 bits per heavy atom. The van der Waals surface area contributed by atoms with Gasteiger partial charge in [-0.15, -0.1) is 0 Å². The van der Waals surface area contributed by atoms with Gasteiger partial charge in [0.15, 0.2) is 0 Å². The number of carbonyl (C=O) groups is 1. The van der Waals surface area contributed by atoms with Crippen LogP contribution in [-0.4, -0.2) is 64.0 Å². The van der Waals surface area contributed by atoms with Crippen molar-refractivity contribution in [2.45, 2.75) is 100 Å². The molecule has 3 heterocycles. The van der Waals surface area contributed by atoms with Gasteiger partial charge >= 0.3 is 0 Å². The molecule has 1 unspecified atom stereocenters. The molecule has 0 radical (unpaired) electrons. The topological polar surface area (TPSA) is 72.3 Å². The first-order valence-electron chi connectivity index (χ1n) is 17.2. The first kappa shape index (κ1) is 32.7. The second kappa shape index (κ2) is 12.5. The molecule has 2 aromatic carbocycles. The second-order valence-electron chi connectivity index (χ2n) is 15.1. The van der Waals surface area contributed by atoms with Crippen LogP contribution in [0.3, 0.4) is 0 Å². The third-order valence-electron chi connectivity index (χ3n) is 11.9. The molecule has 4 atom stereocenters. The lowest BCUT2D eigenvalue weighted by molar-refractivity contribution is -0.137. The molecule has 2 aliphatic carbocycles. The Kier molecular flexibility index (Phi) is 8.71. The quantitative estimate of drug-likeness (QED) is 0.317. The van der Waals surface area contributed by atoms with Gasteiger partial charge in [-0.1, -0.05) is 31.5 Å². The lowest BCUT2D eigenvalue weighted by atomic mass is 9.69. The Hall–Kier alpha value is -2.88. The molecular formula is C37H46ClF2N5O2. The number of carbonyl (C=O) groups excluding carboxylic acids is 1. The summed E-state index contributed by atoms with van der Waals surface area (Å²) in [5.74, 6) is -0.501. The highest BCUT2D eigenvalue weighted by atomic mass is 35.5. The summed E-state index contributed by atoms with van der Waals surface area (Å²) in [5.41, 5.74) is 3.91. The van der Waals surface area contributed by atoms with E-state index < -0.39 is 11.6 Å². The maximum atomic E-state index is 14.4. The predicted molar refractivity (Wildman–Crippen MR) is 178 cm³/mol. The summed E-state index contributed by atoms with van der Waals surface area (Å²) < 4.78 is 36.3. The molecule has 1 spiro atoms. The Morgan fingerprint density at radius 3 is 2.40 bits per heavy atom. The SMILES string of the molecule is Cc1cc2c(cc1Cl)C1(CCN(C(=O)C3C[C@H](NC4CCOCC4)C[C@H]3c3cc(F)cc(F)c3)CC1)C[C@@H]2C(C)(C)c1ncnn1C. The van der Waals surface area contributed by atoms with Gasteiger partial charge in [0.1, 0.15) is 23.8 Å². The molecule has 2 aliphatic heterocycles. The highest BCUT2D eigenvalue weighted by Crippen LogP contribution is 2.58. The second-order valence-corrected chi connectivity index (χ2v) is 15.5. The van der Waals surface area contributed by atoms with Crippen LogP contribution in [0.25, 0.3) is 0 Å². The Labute approximate surface area is 281 Å². The molecule has 7 rings (SSSR count). The fraction of sp³-hybridized carbons (Fsp3) is 0.595. The first-order chi connectivity index (χ1) is 22.4. The minimum Gasteiger partial charge on any atom is -0.381 e. The maximum absolute atomic E-state index is 14.4. The summed E-state index contributed by atoms with van der Waals surface area (Å²) in [6, 6.07) is 8.61. The number of ether oxygens (including phenoxy) is 1. The first-order valence-corrected chi connectivity index (χ1v) is 17.6. The van der Waals surface area contributed by atoms with E-state index in [0.717, 1.165) is 67.8 Å². The van der Waals surface area contributed by atoms with Crippen molar-refractivity contribution in [2.75, 3.05) is 26.3 Å². The van der Waals surface area contributed by atoms with Crippen LogP contribution in [0, 0.1) is 24.5 Å². The molecule has 0 bridgehead atoms. The number of aromatic nitrogens is 3. The number of aryl methyl sites for hydroxylation is 2. The molecule has 47 heavy (non-hydrogen) atoms. The van der Waals surface area contributed by atoms with Crippen molar-refractivity contribution in [2.24, 2.45) is 13.0 Å². The van der Waals surface area contributed by atoms with Gasteiger partial charge in [-0.3, -0.25) is 9.48 Å². The molecule has 2 saturated heterocycles. The summed E-state index contributed by atoms with van der Waals surface area (Å²) in [6.45, 7) is 9.31. The number of hydrogen-bond donors (Lipinski definition) is 1. The lowest BCUT2D eigenvalue weighted by Crippen LogP contribution is -2.47. The van der Waals surface area contributed by atoms with Crippen LogP contribution in [0.5, 0.6) is 0 Å². The van der Waals surface area contributed by atoms with Crippen LogP contribution >= 0.6 is 11.6 Å². The minimum atomic E-state index is -0.598. The van der Waals surface area contributed by atoms with Gasteiger partial charge in [0.2, 0.25) is 5.91 Å². The average Bonchev–Trinajstić information content (AvgIpc) is 3.74. The van der Waals surface area contributed by atoms with Crippen molar-refractivity contribution in [3.8, 4) is 0 Å². The van der Waals surface area contributed by atoms with E-state index in [4.69, 9.17) is 16.3 Å². The van der Waals surface area contributed by atoms with E-state index in [1.807, 2.05) is 16.6 Å². The number of nitrogens with zero attached hydrogens (tertiary/aromatic N) is 4. The molecule has 3 aromatic rings. The third-order valence-corrected chi connectivity index (χ3v) is 12.4. The number of hydrogen-bond acceptors (Lipinski definition) is 5. The smallest absolute Gasteiger partial charge is 0.226 e. The molecule has 252 valence electrons. The number of piperidine rings is 1. The van der Waals surface area contributed by atoms with Gasteiger partial charge < -0.3 is 15.0 Å². The Balaban J connectivity index is 1.13. The molecule has 1 saturated carbocycles. The van der Waals surface area contributed by atoms with E-state index in [1.165, 1.54) is 23.3 Å². The number of benzene rings is 2. The van der Waals surface area contributed by atoms with Crippen LogP contribution in [0.4, 0.5) is 8.78 Å². The van der Waals surface area contributed by atoms with E-state index in [0.29, 0.717) is 37.5 Å².